The highest BCUT2D eigenvalue weighted by molar-refractivity contribution is 7.47. The van der Waals surface area contributed by atoms with E-state index < -0.39 is 26.5 Å². The number of ether oxygens (including phenoxy) is 2. The van der Waals surface area contributed by atoms with Gasteiger partial charge in [-0.15, -0.1) is 0 Å². The number of rotatable bonds is 71. The van der Waals surface area contributed by atoms with Gasteiger partial charge in [0.25, 0.3) is 0 Å². The molecule has 1 N–H and O–H groups in total. The number of carbonyl (C=O) groups excluding carboxylic acids is 2. The van der Waals surface area contributed by atoms with Crippen LogP contribution in [0.3, 0.4) is 0 Å². The first-order valence-electron chi connectivity index (χ1n) is 38.9. The average molecular weight is 1330 g/mol. The molecule has 0 aromatic carbocycles. The Morgan fingerprint density at radius 1 is 0.340 bits per heavy atom. The quantitative estimate of drug-likeness (QED) is 0.0211. The fourth-order valence-electron chi connectivity index (χ4n) is 10.7. The van der Waals surface area contributed by atoms with Crippen molar-refractivity contribution in [2.75, 3.05) is 47.5 Å². The molecule has 0 aromatic rings. The number of unbranched alkanes of at least 4 members (excludes halogenated alkanes) is 35. The van der Waals surface area contributed by atoms with E-state index in [1.807, 2.05) is 21.1 Å². The van der Waals surface area contributed by atoms with Crippen molar-refractivity contribution in [2.45, 2.75) is 341 Å². The van der Waals surface area contributed by atoms with E-state index in [0.717, 1.165) is 103 Å². The summed E-state index contributed by atoms with van der Waals surface area (Å²) < 4.78 is 34.8. The fourth-order valence-corrected chi connectivity index (χ4v) is 11.5. The van der Waals surface area contributed by atoms with Gasteiger partial charge in [-0.25, -0.2) is 4.57 Å². The number of esters is 2. The van der Waals surface area contributed by atoms with E-state index in [1.54, 1.807) is 0 Å². The average Bonchev–Trinajstić information content (AvgIpc) is 1.56. The topological polar surface area (TPSA) is 108 Å². The molecule has 0 aliphatic carbocycles. The summed E-state index contributed by atoms with van der Waals surface area (Å²) in [5, 5.41) is 0. The zero-order valence-electron chi connectivity index (χ0n) is 61.7. The Morgan fingerprint density at radius 3 is 0.904 bits per heavy atom. The van der Waals surface area contributed by atoms with Gasteiger partial charge in [-0.05, 0) is 116 Å². The van der Waals surface area contributed by atoms with Gasteiger partial charge in [0.15, 0.2) is 6.10 Å². The highest BCUT2D eigenvalue weighted by Crippen LogP contribution is 2.43. The number of allylic oxidation sites excluding steroid dienone is 22. The molecule has 94 heavy (non-hydrogen) atoms. The second-order valence-electron chi connectivity index (χ2n) is 27.0. The Kier molecular flexibility index (Phi) is 70.4. The number of phosphoric acid groups is 1. The number of phosphoric ester groups is 1. The van der Waals surface area contributed by atoms with Gasteiger partial charge in [0.2, 0.25) is 0 Å². The van der Waals surface area contributed by atoms with Gasteiger partial charge in [0.1, 0.15) is 19.8 Å². The van der Waals surface area contributed by atoms with Crippen LogP contribution in [0, 0.1) is 0 Å². The van der Waals surface area contributed by atoms with Gasteiger partial charge in [-0.1, -0.05) is 340 Å². The van der Waals surface area contributed by atoms with E-state index in [0.29, 0.717) is 17.4 Å². The van der Waals surface area contributed by atoms with Crippen molar-refractivity contribution >= 4 is 19.8 Å². The molecule has 0 aliphatic rings. The Bertz CT molecular complexity index is 2050. The highest BCUT2D eigenvalue weighted by Gasteiger charge is 2.27. The second-order valence-corrected chi connectivity index (χ2v) is 28.5. The number of likely N-dealkylation sites (N-methyl/N-ethyl adjacent to an activating group) is 1. The van der Waals surface area contributed by atoms with Gasteiger partial charge in [-0.2, -0.15) is 0 Å². The lowest BCUT2D eigenvalue weighted by atomic mass is 10.0. The lowest BCUT2D eigenvalue weighted by molar-refractivity contribution is -0.870. The molecule has 2 atom stereocenters. The summed E-state index contributed by atoms with van der Waals surface area (Å²) in [5.74, 6) is -0.794. The summed E-state index contributed by atoms with van der Waals surface area (Å²) >= 11 is 0. The first-order chi connectivity index (χ1) is 46.0. The van der Waals surface area contributed by atoms with Crippen LogP contribution < -0.4 is 0 Å². The molecule has 10 heteroatoms. The molecule has 0 amide bonds. The number of hydrogen-bond acceptors (Lipinski definition) is 7. The van der Waals surface area contributed by atoms with Crippen LogP contribution >= 0.6 is 7.82 Å². The zero-order chi connectivity index (χ0) is 68.3. The van der Waals surface area contributed by atoms with Crippen LogP contribution in [0.1, 0.15) is 335 Å². The highest BCUT2D eigenvalue weighted by atomic mass is 31.2. The van der Waals surface area contributed by atoms with Crippen LogP contribution in [-0.4, -0.2) is 74.9 Å². The number of carbonyl (C=O) groups is 2. The molecule has 0 saturated heterocycles. The Balaban J connectivity index is 4.02. The Morgan fingerprint density at radius 2 is 0.606 bits per heavy atom. The van der Waals surface area contributed by atoms with E-state index in [1.165, 1.54) is 199 Å². The van der Waals surface area contributed by atoms with Crippen molar-refractivity contribution in [3.8, 4) is 0 Å². The van der Waals surface area contributed by atoms with Gasteiger partial charge in [0, 0.05) is 12.8 Å². The number of nitrogens with zero attached hydrogens (tertiary/aromatic N) is 1. The molecule has 0 bridgehead atoms. The van der Waals surface area contributed by atoms with Crippen LogP contribution in [0.4, 0.5) is 0 Å². The first kappa shape index (κ1) is 90.2. The van der Waals surface area contributed by atoms with E-state index in [9.17, 15) is 19.0 Å². The van der Waals surface area contributed by atoms with Crippen LogP contribution in [0.15, 0.2) is 134 Å². The van der Waals surface area contributed by atoms with Crippen LogP contribution in [-0.2, 0) is 32.7 Å². The van der Waals surface area contributed by atoms with Gasteiger partial charge in [0.05, 0.1) is 27.7 Å². The van der Waals surface area contributed by atoms with Crippen molar-refractivity contribution in [3.63, 3.8) is 0 Å². The minimum atomic E-state index is -4.40. The molecule has 0 heterocycles. The SMILES string of the molecule is CC/C=C\C/C=C\C/C=C\C/C=C\C/C=C\C/C=C\C/C=C\C/C=C\CCCCCCCCCCCCCCC(=O)OC(COC(=O)CCCCCCCCCCCCCCCCCCCC/C=C\C/C=C\C/C=C\CCCCCCC)COP(=O)(O)OCC[N+](C)(C)C. The smallest absolute Gasteiger partial charge is 0.462 e. The van der Waals surface area contributed by atoms with E-state index in [2.05, 4.69) is 148 Å². The third-order valence-electron chi connectivity index (χ3n) is 16.7. The third-order valence-corrected chi connectivity index (χ3v) is 17.6. The van der Waals surface area contributed by atoms with E-state index >= 15 is 0 Å². The molecule has 9 nitrogen and oxygen atoms in total. The van der Waals surface area contributed by atoms with E-state index in [-0.39, 0.29) is 32.0 Å². The Labute approximate surface area is 581 Å². The van der Waals surface area contributed by atoms with Crippen molar-refractivity contribution in [1.29, 1.82) is 0 Å². The monoisotopic (exact) mass is 1330 g/mol. The number of quaternary nitrogens is 1. The molecular formula is C84H147NO8P+. The first-order valence-corrected chi connectivity index (χ1v) is 40.4. The zero-order valence-corrected chi connectivity index (χ0v) is 62.6. The third kappa shape index (κ3) is 77.2. The summed E-state index contributed by atoms with van der Waals surface area (Å²) in [6, 6.07) is 0. The van der Waals surface area contributed by atoms with Gasteiger partial charge in [-0.3, -0.25) is 18.6 Å². The van der Waals surface area contributed by atoms with Crippen LogP contribution in [0.25, 0.3) is 0 Å². The predicted octanol–water partition coefficient (Wildman–Crippen LogP) is 25.9. The Hall–Kier alpha value is -3.85. The molecular weight excluding hydrogens is 1180 g/mol. The maximum Gasteiger partial charge on any atom is 0.472 e. The predicted molar refractivity (Wildman–Crippen MR) is 408 cm³/mol. The molecule has 0 aliphatic heterocycles. The molecule has 0 fully saturated rings. The molecule has 2 unspecified atom stereocenters. The maximum absolute atomic E-state index is 12.9. The summed E-state index contributed by atoms with van der Waals surface area (Å²) in [6.07, 6.45) is 107. The normalized spacial score (nSPS) is 13.8. The van der Waals surface area contributed by atoms with Crippen LogP contribution in [0.5, 0.6) is 0 Å². The van der Waals surface area contributed by atoms with E-state index in [4.69, 9.17) is 18.5 Å². The summed E-state index contributed by atoms with van der Waals surface area (Å²) in [5.41, 5.74) is 0. The van der Waals surface area contributed by atoms with Crippen molar-refractivity contribution in [2.24, 2.45) is 0 Å². The molecule has 0 radical (unpaired) electrons. The van der Waals surface area contributed by atoms with Gasteiger partial charge < -0.3 is 18.9 Å². The molecule has 540 valence electrons. The van der Waals surface area contributed by atoms with Crippen molar-refractivity contribution < 1.29 is 42.1 Å². The molecule has 0 aromatic heterocycles. The summed E-state index contributed by atoms with van der Waals surface area (Å²) in [6.45, 7) is 4.33. The molecule has 0 saturated carbocycles. The maximum atomic E-state index is 12.9. The second kappa shape index (κ2) is 73.4. The molecule has 0 rings (SSSR count). The lowest BCUT2D eigenvalue weighted by Gasteiger charge is -2.24. The minimum absolute atomic E-state index is 0.0273. The van der Waals surface area contributed by atoms with Crippen molar-refractivity contribution in [3.05, 3.63) is 134 Å². The number of hydrogen-bond donors (Lipinski definition) is 1. The summed E-state index contributed by atoms with van der Waals surface area (Å²) in [4.78, 5) is 36.0. The fraction of sp³-hybridized carbons (Fsp3) is 0.714. The molecule has 0 spiro atoms. The largest absolute Gasteiger partial charge is 0.472 e. The lowest BCUT2D eigenvalue weighted by Crippen LogP contribution is -2.37. The van der Waals surface area contributed by atoms with Crippen molar-refractivity contribution in [1.82, 2.24) is 0 Å². The standard InChI is InChI=1S/C84H146NO8P/c1-6-8-10-12-14-16-18-20-22-24-26-28-30-32-34-36-38-40-41-42-43-45-47-49-51-53-55-57-59-61-63-65-67-69-71-73-75-77-84(87)93-82(81-92-94(88,89)91-79-78-85(3,4)5)80-90-83(86)76-74-72-70-68-66-64-62-60-58-56-54-52-50-48-46-44-39-37-35-33-31-29-27-25-23-21-19-17-15-13-11-9-7-2/h8,10,14,16,19-22,25-28,31-34,38,40,42-43,47,49,82H,6-7,9,11-13,15,17-18,23-24,29-30,35-37,39,41,44-46,48,50-81H2,1-5H3/p+1/b10-8-,16-14-,21-19-,22-20-,27-25-,28-26-,33-31-,34-32-,40-38-,43-42-,49-47-. The van der Waals surface area contributed by atoms with Gasteiger partial charge >= 0.3 is 19.8 Å². The minimum Gasteiger partial charge on any atom is -0.462 e. The summed E-state index contributed by atoms with van der Waals surface area (Å²) in [7, 11) is 1.47. The van der Waals surface area contributed by atoms with Crippen LogP contribution in [0.2, 0.25) is 0 Å².